The van der Waals surface area contributed by atoms with Gasteiger partial charge in [-0.05, 0) is 56.3 Å². The lowest BCUT2D eigenvalue weighted by Gasteiger charge is -2.43. The smallest absolute Gasteiger partial charge is 0.0577 e. The van der Waals surface area contributed by atoms with Gasteiger partial charge in [0.05, 0.1) is 6.10 Å². The molecular formula is C18H33NO. The van der Waals surface area contributed by atoms with Crippen molar-refractivity contribution in [3.8, 4) is 0 Å². The molecule has 0 bridgehead atoms. The van der Waals surface area contributed by atoms with Crippen LogP contribution in [-0.4, -0.2) is 24.5 Å². The zero-order valence-electron chi connectivity index (χ0n) is 13.6. The number of hydrogen-bond donors (Lipinski definition) is 1. The highest BCUT2D eigenvalue weighted by Gasteiger charge is 2.52. The fourth-order valence-corrected chi connectivity index (χ4v) is 4.84. The fraction of sp³-hybridized carbons (Fsp3) is 0.944. The van der Waals surface area contributed by atoms with Gasteiger partial charge in [0.2, 0.25) is 0 Å². The summed E-state index contributed by atoms with van der Waals surface area (Å²) >= 11 is 0. The van der Waals surface area contributed by atoms with Gasteiger partial charge in [-0.2, -0.15) is 0 Å². The first-order valence-corrected chi connectivity index (χ1v) is 8.71. The number of fused-ring (bicyclic) bond motifs is 1. The lowest BCUT2D eigenvalue weighted by atomic mass is 9.63. The van der Waals surface area contributed by atoms with E-state index in [2.05, 4.69) is 25.1 Å². The molecule has 0 heterocycles. The van der Waals surface area contributed by atoms with Crippen LogP contribution in [0.4, 0.5) is 0 Å². The van der Waals surface area contributed by atoms with Crippen molar-refractivity contribution in [1.82, 2.24) is 0 Å². The van der Waals surface area contributed by atoms with Crippen molar-refractivity contribution >= 4 is 6.21 Å². The van der Waals surface area contributed by atoms with Gasteiger partial charge in [0.25, 0.3) is 0 Å². The molecule has 0 aliphatic heterocycles. The minimum absolute atomic E-state index is 0.0811. The Hall–Kier alpha value is -0.370. The summed E-state index contributed by atoms with van der Waals surface area (Å²) in [5, 5.41) is 10.4. The molecule has 20 heavy (non-hydrogen) atoms. The number of aliphatic hydroxyl groups is 1. The molecule has 2 fully saturated rings. The summed E-state index contributed by atoms with van der Waals surface area (Å²) in [7, 11) is 1.90. The first-order chi connectivity index (χ1) is 9.60. The van der Waals surface area contributed by atoms with Crippen LogP contribution in [0.5, 0.6) is 0 Å². The zero-order chi connectivity index (χ0) is 14.6. The number of aliphatic hydroxyl groups excluding tert-OH is 1. The monoisotopic (exact) mass is 279 g/mol. The van der Waals surface area contributed by atoms with E-state index in [0.29, 0.717) is 5.92 Å². The quantitative estimate of drug-likeness (QED) is 0.565. The molecule has 1 unspecified atom stereocenters. The van der Waals surface area contributed by atoms with Crippen molar-refractivity contribution < 1.29 is 5.11 Å². The van der Waals surface area contributed by atoms with Crippen molar-refractivity contribution in [3.05, 3.63) is 0 Å². The van der Waals surface area contributed by atoms with Gasteiger partial charge in [0.15, 0.2) is 0 Å². The molecule has 0 spiro atoms. The predicted octanol–water partition coefficient (Wildman–Crippen LogP) is 4.46. The van der Waals surface area contributed by atoms with Gasteiger partial charge in [0.1, 0.15) is 0 Å². The molecule has 2 saturated carbocycles. The van der Waals surface area contributed by atoms with Gasteiger partial charge >= 0.3 is 0 Å². The first kappa shape index (κ1) is 16.0. The first-order valence-electron chi connectivity index (χ1n) is 8.71. The maximum absolute atomic E-state index is 10.4. The summed E-state index contributed by atoms with van der Waals surface area (Å²) in [5.41, 5.74) is 0.226. The zero-order valence-corrected chi connectivity index (χ0v) is 13.6. The van der Waals surface area contributed by atoms with Crippen LogP contribution >= 0.6 is 0 Å². The molecule has 4 atom stereocenters. The van der Waals surface area contributed by atoms with Crippen molar-refractivity contribution in [2.45, 2.75) is 77.7 Å². The average molecular weight is 279 g/mol. The summed E-state index contributed by atoms with van der Waals surface area (Å²) in [5.74, 6) is 2.07. The lowest BCUT2D eigenvalue weighted by molar-refractivity contribution is 0.0115. The van der Waals surface area contributed by atoms with Gasteiger partial charge in [-0.25, -0.2) is 0 Å². The molecule has 2 aliphatic carbocycles. The topological polar surface area (TPSA) is 32.6 Å². The molecule has 1 N–H and O–H groups in total. The van der Waals surface area contributed by atoms with Crippen LogP contribution in [0.1, 0.15) is 71.6 Å². The minimum atomic E-state index is -0.0811. The molecule has 0 aromatic rings. The maximum atomic E-state index is 10.4. The van der Waals surface area contributed by atoms with E-state index in [1.807, 2.05) is 7.05 Å². The Bertz CT molecular complexity index is 325. The SMILES string of the molecule is CN=CC12CCC[C@H](O)[C@@H]1CC[C@@H]2CCCCC(C)C. The third-order valence-electron chi connectivity index (χ3n) is 5.80. The molecule has 2 heteroatoms. The summed E-state index contributed by atoms with van der Waals surface area (Å²) in [6.07, 6.45) is 13.5. The second-order valence-corrected chi connectivity index (χ2v) is 7.52. The summed E-state index contributed by atoms with van der Waals surface area (Å²) in [4.78, 5) is 4.40. The van der Waals surface area contributed by atoms with E-state index < -0.39 is 0 Å². The van der Waals surface area contributed by atoms with Gasteiger partial charge in [-0.1, -0.05) is 33.1 Å². The van der Waals surface area contributed by atoms with E-state index >= 15 is 0 Å². The van der Waals surface area contributed by atoms with Crippen molar-refractivity contribution in [2.75, 3.05) is 7.05 Å². The molecule has 0 amide bonds. The minimum Gasteiger partial charge on any atom is -0.393 e. The molecule has 116 valence electrons. The Kier molecular flexibility index (Phi) is 5.65. The number of rotatable bonds is 6. The normalized spacial score (nSPS) is 37.8. The highest BCUT2D eigenvalue weighted by atomic mass is 16.3. The van der Waals surface area contributed by atoms with Crippen LogP contribution in [0.15, 0.2) is 4.99 Å². The van der Waals surface area contributed by atoms with E-state index in [4.69, 9.17) is 0 Å². The molecule has 0 radical (unpaired) electrons. The van der Waals surface area contributed by atoms with Crippen molar-refractivity contribution in [3.63, 3.8) is 0 Å². The van der Waals surface area contributed by atoms with Gasteiger partial charge in [0, 0.05) is 18.7 Å². The van der Waals surface area contributed by atoms with Crippen LogP contribution in [0.2, 0.25) is 0 Å². The highest BCUT2D eigenvalue weighted by molar-refractivity contribution is 5.67. The van der Waals surface area contributed by atoms with Crippen LogP contribution < -0.4 is 0 Å². The van der Waals surface area contributed by atoms with E-state index in [1.165, 1.54) is 51.4 Å². The van der Waals surface area contributed by atoms with E-state index in [0.717, 1.165) is 18.3 Å². The number of hydrogen-bond acceptors (Lipinski definition) is 2. The van der Waals surface area contributed by atoms with Crippen LogP contribution in [0.25, 0.3) is 0 Å². The highest BCUT2D eigenvalue weighted by Crippen LogP contribution is 2.56. The average Bonchev–Trinajstić information content (AvgIpc) is 2.75. The summed E-state index contributed by atoms with van der Waals surface area (Å²) in [6.45, 7) is 4.63. The van der Waals surface area contributed by atoms with Crippen LogP contribution in [0.3, 0.4) is 0 Å². The Morgan fingerprint density at radius 2 is 2.05 bits per heavy atom. The van der Waals surface area contributed by atoms with Crippen LogP contribution in [0, 0.1) is 23.2 Å². The largest absolute Gasteiger partial charge is 0.393 e. The second kappa shape index (κ2) is 7.06. The standard InChI is InChI=1S/C18H33NO/c1-14(2)7-4-5-8-15-10-11-16-17(20)9-6-12-18(15,16)13-19-3/h13-17,20H,4-12H2,1-3H3/t15-,16-,17-,18?/m0/s1. The molecule has 0 saturated heterocycles. The Balaban J connectivity index is 1.97. The molecule has 0 aromatic carbocycles. The number of nitrogens with zero attached hydrogens (tertiary/aromatic N) is 1. The predicted molar refractivity (Wildman–Crippen MR) is 86.2 cm³/mol. The third kappa shape index (κ3) is 3.27. The van der Waals surface area contributed by atoms with E-state index in [-0.39, 0.29) is 11.5 Å². The maximum Gasteiger partial charge on any atom is 0.0577 e. The fourth-order valence-electron chi connectivity index (χ4n) is 4.84. The summed E-state index contributed by atoms with van der Waals surface area (Å²) in [6, 6.07) is 0. The Morgan fingerprint density at radius 3 is 2.75 bits per heavy atom. The van der Waals surface area contributed by atoms with Gasteiger partial charge in [-0.15, -0.1) is 0 Å². The van der Waals surface area contributed by atoms with Gasteiger partial charge in [-0.3, -0.25) is 0 Å². The molecule has 2 rings (SSSR count). The number of unbranched alkanes of at least 4 members (excludes halogenated alkanes) is 1. The molecule has 2 aliphatic rings. The Labute approximate surface area is 125 Å². The lowest BCUT2D eigenvalue weighted by Crippen LogP contribution is -2.43. The second-order valence-electron chi connectivity index (χ2n) is 7.52. The molecule has 2 nitrogen and oxygen atoms in total. The Morgan fingerprint density at radius 1 is 1.25 bits per heavy atom. The molecule has 0 aromatic heterocycles. The van der Waals surface area contributed by atoms with Crippen LogP contribution in [-0.2, 0) is 0 Å². The van der Waals surface area contributed by atoms with E-state index in [1.54, 1.807) is 0 Å². The van der Waals surface area contributed by atoms with Crippen molar-refractivity contribution in [1.29, 1.82) is 0 Å². The third-order valence-corrected chi connectivity index (χ3v) is 5.80. The number of aliphatic imine (C=N–C) groups is 1. The van der Waals surface area contributed by atoms with Gasteiger partial charge < -0.3 is 10.1 Å². The van der Waals surface area contributed by atoms with E-state index in [9.17, 15) is 5.11 Å². The summed E-state index contributed by atoms with van der Waals surface area (Å²) < 4.78 is 0. The van der Waals surface area contributed by atoms with Crippen molar-refractivity contribution in [2.24, 2.45) is 28.2 Å². The molecular weight excluding hydrogens is 246 g/mol.